The summed E-state index contributed by atoms with van der Waals surface area (Å²) in [4.78, 5) is 27.0. The molecule has 0 N–H and O–H groups in total. The van der Waals surface area contributed by atoms with Gasteiger partial charge in [-0.3, -0.25) is 9.59 Å². The molecule has 1 aromatic heterocycles. The van der Waals surface area contributed by atoms with Crippen LogP contribution in [-0.4, -0.2) is 17.0 Å². The first kappa shape index (κ1) is 17.9. The Balaban J connectivity index is 2.08. The van der Waals surface area contributed by atoms with E-state index in [1.807, 2.05) is 13.8 Å². The van der Waals surface area contributed by atoms with Crippen molar-refractivity contribution in [1.29, 1.82) is 0 Å². The highest BCUT2D eigenvalue weighted by molar-refractivity contribution is 6.36. The van der Waals surface area contributed by atoms with Gasteiger partial charge in [0.25, 0.3) is 17.7 Å². The van der Waals surface area contributed by atoms with Crippen LogP contribution in [0.5, 0.6) is 0 Å². The molecule has 0 aliphatic rings. The second-order valence-electron chi connectivity index (χ2n) is 6.06. The molecule has 26 heavy (non-hydrogen) atoms. The fourth-order valence-corrected chi connectivity index (χ4v) is 2.57. The third kappa shape index (κ3) is 3.39. The highest BCUT2D eigenvalue weighted by Crippen LogP contribution is 2.31. The lowest BCUT2D eigenvalue weighted by Gasteiger charge is -2.18. The molecule has 0 unspecified atom stereocenters. The molecule has 1 heterocycles. The van der Waals surface area contributed by atoms with Crippen LogP contribution >= 0.6 is 11.6 Å². The number of halogens is 1. The lowest BCUT2D eigenvalue weighted by atomic mass is 10.1. The maximum atomic E-state index is 13.1. The molecule has 0 atom stereocenters. The van der Waals surface area contributed by atoms with Crippen LogP contribution in [0.25, 0.3) is 0 Å². The lowest BCUT2D eigenvalue weighted by Crippen LogP contribution is -2.37. The van der Waals surface area contributed by atoms with Crippen molar-refractivity contribution in [3.63, 3.8) is 0 Å². The van der Waals surface area contributed by atoms with Crippen molar-refractivity contribution < 1.29 is 14.1 Å². The Kier molecular flexibility index (Phi) is 4.91. The van der Waals surface area contributed by atoms with Crippen LogP contribution in [0.15, 0.2) is 53.1 Å². The molecule has 0 aliphatic carbocycles. The number of nitrogens with zero attached hydrogens (tertiary/aromatic N) is 2. The molecular formula is C20H17ClN2O3. The quantitative estimate of drug-likeness (QED) is 0.626. The number of hydrogen-bond donors (Lipinski definition) is 0. The molecule has 0 saturated carbocycles. The van der Waals surface area contributed by atoms with Crippen LogP contribution < -0.4 is 4.90 Å². The largest absolute Gasteiger partial charge is 0.336 e. The summed E-state index contributed by atoms with van der Waals surface area (Å²) in [5.41, 5.74) is 3.11. The number of rotatable bonds is 3. The van der Waals surface area contributed by atoms with Crippen LogP contribution in [0.1, 0.15) is 37.5 Å². The second kappa shape index (κ2) is 7.14. The minimum Gasteiger partial charge on any atom is -0.336 e. The van der Waals surface area contributed by atoms with Crippen molar-refractivity contribution in [1.82, 2.24) is 5.16 Å². The zero-order valence-corrected chi connectivity index (χ0v) is 15.4. The van der Waals surface area contributed by atoms with E-state index in [0.717, 1.165) is 16.0 Å². The van der Waals surface area contributed by atoms with Crippen LogP contribution in [0, 0.1) is 20.8 Å². The number of amides is 2. The predicted octanol–water partition coefficient (Wildman–Crippen LogP) is 4.74. The van der Waals surface area contributed by atoms with Crippen molar-refractivity contribution in [2.75, 3.05) is 4.90 Å². The van der Waals surface area contributed by atoms with Gasteiger partial charge >= 0.3 is 0 Å². The first-order chi connectivity index (χ1) is 12.4. The van der Waals surface area contributed by atoms with Crippen molar-refractivity contribution in [2.45, 2.75) is 20.8 Å². The van der Waals surface area contributed by atoms with Crippen LogP contribution in [-0.2, 0) is 0 Å². The van der Waals surface area contributed by atoms with E-state index in [4.69, 9.17) is 16.1 Å². The molecule has 132 valence electrons. The first-order valence-corrected chi connectivity index (χ1v) is 8.40. The summed E-state index contributed by atoms with van der Waals surface area (Å²) in [5, 5.41) is 3.89. The molecular weight excluding hydrogens is 352 g/mol. The van der Waals surface area contributed by atoms with Crippen molar-refractivity contribution in [3.05, 3.63) is 81.5 Å². The zero-order chi connectivity index (χ0) is 18.8. The van der Waals surface area contributed by atoms with Crippen LogP contribution in [0.2, 0.25) is 5.02 Å². The normalized spacial score (nSPS) is 10.6. The van der Waals surface area contributed by atoms with Gasteiger partial charge in [-0.25, -0.2) is 4.90 Å². The molecule has 3 aromatic rings. The van der Waals surface area contributed by atoms with Crippen LogP contribution in [0.3, 0.4) is 0 Å². The Morgan fingerprint density at radius 2 is 1.27 bits per heavy atom. The van der Waals surface area contributed by atoms with Gasteiger partial charge in [-0.05, 0) is 45.0 Å². The van der Waals surface area contributed by atoms with E-state index in [2.05, 4.69) is 5.16 Å². The summed E-state index contributed by atoms with van der Waals surface area (Å²) < 4.78 is 5.19. The predicted molar refractivity (Wildman–Crippen MR) is 99.7 cm³/mol. The average molecular weight is 369 g/mol. The van der Waals surface area contributed by atoms with Crippen molar-refractivity contribution >= 4 is 29.3 Å². The van der Waals surface area contributed by atoms with E-state index in [9.17, 15) is 9.59 Å². The first-order valence-electron chi connectivity index (χ1n) is 8.02. The standard InChI is InChI=1S/C20H17ClN2O3/c1-12-4-8-15(9-5-12)18(24)23(20-17(21)14(3)22-26-20)19(25)16-10-6-13(2)7-11-16/h4-11H,1-3H3. The second-order valence-corrected chi connectivity index (χ2v) is 6.44. The Labute approximate surface area is 156 Å². The van der Waals surface area contributed by atoms with E-state index in [1.165, 1.54) is 0 Å². The van der Waals surface area contributed by atoms with E-state index < -0.39 is 11.8 Å². The lowest BCUT2D eigenvalue weighted by molar-refractivity contribution is 0.0889. The summed E-state index contributed by atoms with van der Waals surface area (Å²) in [6.45, 7) is 5.47. The topological polar surface area (TPSA) is 63.4 Å². The van der Waals surface area contributed by atoms with Crippen molar-refractivity contribution in [3.8, 4) is 0 Å². The third-order valence-corrected chi connectivity index (χ3v) is 4.42. The minimum absolute atomic E-state index is 0.0830. The SMILES string of the molecule is Cc1ccc(C(=O)N(C(=O)c2ccc(C)cc2)c2onc(C)c2Cl)cc1. The Morgan fingerprint density at radius 1 is 0.846 bits per heavy atom. The molecule has 0 radical (unpaired) electrons. The van der Waals surface area contributed by atoms with Gasteiger partial charge in [0.1, 0.15) is 10.7 Å². The highest BCUT2D eigenvalue weighted by atomic mass is 35.5. The number of imide groups is 1. The number of hydrogen-bond acceptors (Lipinski definition) is 4. The zero-order valence-electron chi connectivity index (χ0n) is 14.6. The fourth-order valence-electron chi connectivity index (χ4n) is 2.41. The van der Waals surface area contributed by atoms with Gasteiger partial charge in [0.2, 0.25) is 0 Å². The van der Waals surface area contributed by atoms with Gasteiger partial charge in [-0.2, -0.15) is 0 Å². The van der Waals surface area contributed by atoms with Gasteiger partial charge in [0, 0.05) is 11.1 Å². The molecule has 0 saturated heterocycles. The summed E-state index contributed by atoms with van der Waals surface area (Å²) in [6, 6.07) is 13.8. The molecule has 0 fully saturated rings. The molecule has 2 amide bonds. The number of anilines is 1. The molecule has 5 nitrogen and oxygen atoms in total. The maximum absolute atomic E-state index is 13.1. The summed E-state index contributed by atoms with van der Waals surface area (Å²) in [7, 11) is 0. The molecule has 2 aromatic carbocycles. The monoisotopic (exact) mass is 368 g/mol. The molecule has 0 spiro atoms. The fraction of sp³-hybridized carbons (Fsp3) is 0.150. The van der Waals surface area contributed by atoms with Crippen LogP contribution in [0.4, 0.5) is 5.88 Å². The molecule has 3 rings (SSSR count). The van der Waals surface area contributed by atoms with Crippen molar-refractivity contribution in [2.24, 2.45) is 0 Å². The van der Waals surface area contributed by atoms with E-state index in [1.54, 1.807) is 55.5 Å². The number of carbonyl (C=O) groups is 2. The van der Waals surface area contributed by atoms with E-state index in [0.29, 0.717) is 16.8 Å². The number of benzene rings is 2. The van der Waals surface area contributed by atoms with Gasteiger partial charge < -0.3 is 4.52 Å². The van der Waals surface area contributed by atoms with Gasteiger partial charge in [-0.1, -0.05) is 52.1 Å². The smallest absolute Gasteiger partial charge is 0.267 e. The number of aromatic nitrogens is 1. The molecule has 0 bridgehead atoms. The molecule has 6 heteroatoms. The Morgan fingerprint density at radius 3 is 1.62 bits per heavy atom. The third-order valence-electron chi connectivity index (χ3n) is 3.98. The molecule has 0 aliphatic heterocycles. The Hall–Kier alpha value is -2.92. The summed E-state index contributed by atoms with van der Waals surface area (Å²) >= 11 is 6.21. The summed E-state index contributed by atoms with van der Waals surface area (Å²) in [5.74, 6) is -1.15. The summed E-state index contributed by atoms with van der Waals surface area (Å²) in [6.07, 6.45) is 0. The minimum atomic E-state index is -0.534. The number of aryl methyl sites for hydroxylation is 3. The van der Waals surface area contributed by atoms with E-state index >= 15 is 0 Å². The Bertz CT molecular complexity index is 902. The van der Waals surface area contributed by atoms with Gasteiger partial charge in [-0.15, -0.1) is 0 Å². The maximum Gasteiger partial charge on any atom is 0.267 e. The average Bonchev–Trinajstić information content (AvgIpc) is 2.95. The van der Waals surface area contributed by atoms with Gasteiger partial charge in [0.15, 0.2) is 0 Å². The van der Waals surface area contributed by atoms with E-state index in [-0.39, 0.29) is 10.9 Å². The van der Waals surface area contributed by atoms with Gasteiger partial charge in [0.05, 0.1) is 0 Å². The highest BCUT2D eigenvalue weighted by Gasteiger charge is 2.32. The number of carbonyl (C=O) groups excluding carboxylic acids is 2.